The smallest absolute Gasteiger partial charge is 0.164 e. The molecular weight excluding hydrogens is 144 g/mol. The first kappa shape index (κ1) is 10.6. The number of aldehydes is 1. The molecule has 0 unspecified atom stereocenters. The SMILES string of the molecule is COC(C)(CCCC=O)OC. The van der Waals surface area contributed by atoms with Crippen LogP contribution in [0.4, 0.5) is 0 Å². The lowest BCUT2D eigenvalue weighted by atomic mass is 10.1. The molecule has 0 rings (SSSR count). The van der Waals surface area contributed by atoms with Gasteiger partial charge in [-0.05, 0) is 13.3 Å². The molecule has 3 nitrogen and oxygen atoms in total. The fourth-order valence-corrected chi connectivity index (χ4v) is 0.794. The minimum absolute atomic E-state index is 0.525. The van der Waals surface area contributed by atoms with Crippen molar-refractivity contribution in [3.05, 3.63) is 0 Å². The topological polar surface area (TPSA) is 35.5 Å². The molecule has 0 saturated heterocycles. The summed E-state index contributed by atoms with van der Waals surface area (Å²) in [6, 6.07) is 0. The zero-order valence-corrected chi connectivity index (χ0v) is 7.42. The van der Waals surface area contributed by atoms with Crippen LogP contribution in [-0.4, -0.2) is 26.3 Å². The van der Waals surface area contributed by atoms with Crippen molar-refractivity contribution in [1.29, 1.82) is 0 Å². The van der Waals surface area contributed by atoms with Crippen molar-refractivity contribution in [1.82, 2.24) is 0 Å². The van der Waals surface area contributed by atoms with E-state index in [0.29, 0.717) is 6.42 Å². The second-order valence-corrected chi connectivity index (χ2v) is 2.60. The second kappa shape index (κ2) is 5.27. The van der Waals surface area contributed by atoms with E-state index in [-0.39, 0.29) is 0 Å². The fraction of sp³-hybridized carbons (Fsp3) is 0.875. The molecule has 0 aromatic carbocycles. The Kier molecular flexibility index (Phi) is 5.07. The largest absolute Gasteiger partial charge is 0.353 e. The molecule has 3 heteroatoms. The van der Waals surface area contributed by atoms with Gasteiger partial charge in [-0.1, -0.05) is 0 Å². The van der Waals surface area contributed by atoms with E-state index in [1.165, 1.54) is 0 Å². The van der Waals surface area contributed by atoms with Gasteiger partial charge in [-0.25, -0.2) is 0 Å². The molecule has 66 valence electrons. The van der Waals surface area contributed by atoms with Crippen molar-refractivity contribution >= 4 is 6.29 Å². The van der Waals surface area contributed by atoms with Gasteiger partial charge in [0.05, 0.1) is 0 Å². The Morgan fingerprint density at radius 2 is 1.91 bits per heavy atom. The van der Waals surface area contributed by atoms with Crippen LogP contribution < -0.4 is 0 Å². The van der Waals surface area contributed by atoms with E-state index in [2.05, 4.69) is 0 Å². The predicted molar refractivity (Wildman–Crippen MR) is 42.3 cm³/mol. The summed E-state index contributed by atoms with van der Waals surface area (Å²) in [5.74, 6) is -0.525. The lowest BCUT2D eigenvalue weighted by molar-refractivity contribution is -0.197. The van der Waals surface area contributed by atoms with Crippen molar-refractivity contribution in [2.24, 2.45) is 0 Å². The van der Waals surface area contributed by atoms with Gasteiger partial charge < -0.3 is 14.3 Å². The van der Waals surface area contributed by atoms with Crippen molar-refractivity contribution in [3.8, 4) is 0 Å². The van der Waals surface area contributed by atoms with Crippen LogP contribution in [0.25, 0.3) is 0 Å². The molecular formula is C8H16O3. The summed E-state index contributed by atoms with van der Waals surface area (Å²) in [5, 5.41) is 0. The summed E-state index contributed by atoms with van der Waals surface area (Å²) in [5.41, 5.74) is 0. The van der Waals surface area contributed by atoms with E-state index in [9.17, 15) is 4.79 Å². The van der Waals surface area contributed by atoms with Gasteiger partial charge in [0.25, 0.3) is 0 Å². The van der Waals surface area contributed by atoms with Gasteiger partial charge in [0.2, 0.25) is 0 Å². The van der Waals surface area contributed by atoms with Crippen molar-refractivity contribution < 1.29 is 14.3 Å². The van der Waals surface area contributed by atoms with E-state index >= 15 is 0 Å². The molecule has 0 radical (unpaired) electrons. The van der Waals surface area contributed by atoms with Crippen LogP contribution in [0.15, 0.2) is 0 Å². The Bertz CT molecular complexity index is 108. The zero-order chi connectivity index (χ0) is 8.74. The van der Waals surface area contributed by atoms with Crippen LogP contribution >= 0.6 is 0 Å². The number of methoxy groups -OCH3 is 2. The van der Waals surface area contributed by atoms with Crippen LogP contribution in [0.3, 0.4) is 0 Å². The second-order valence-electron chi connectivity index (χ2n) is 2.60. The summed E-state index contributed by atoms with van der Waals surface area (Å²) in [7, 11) is 3.20. The van der Waals surface area contributed by atoms with E-state index in [0.717, 1.165) is 19.1 Å². The summed E-state index contributed by atoms with van der Waals surface area (Å²) < 4.78 is 10.2. The highest BCUT2D eigenvalue weighted by Crippen LogP contribution is 2.17. The van der Waals surface area contributed by atoms with E-state index in [1.807, 2.05) is 6.92 Å². The predicted octanol–water partition coefficient (Wildman–Crippen LogP) is 1.36. The third-order valence-corrected chi connectivity index (χ3v) is 1.82. The highest BCUT2D eigenvalue weighted by molar-refractivity contribution is 5.48. The zero-order valence-electron chi connectivity index (χ0n) is 7.42. The Labute approximate surface area is 67.7 Å². The Balaban J connectivity index is 3.59. The van der Waals surface area contributed by atoms with Crippen LogP contribution in [0.1, 0.15) is 26.2 Å². The van der Waals surface area contributed by atoms with Crippen LogP contribution in [0.2, 0.25) is 0 Å². The van der Waals surface area contributed by atoms with Gasteiger partial charge in [-0.15, -0.1) is 0 Å². The molecule has 0 amide bonds. The first-order valence-corrected chi connectivity index (χ1v) is 3.72. The van der Waals surface area contributed by atoms with E-state index in [1.54, 1.807) is 14.2 Å². The average molecular weight is 160 g/mol. The van der Waals surface area contributed by atoms with Gasteiger partial charge in [0, 0.05) is 27.1 Å². The molecule has 0 aromatic rings. The number of hydrogen-bond acceptors (Lipinski definition) is 3. The molecule has 0 spiro atoms. The van der Waals surface area contributed by atoms with Gasteiger partial charge in [0.1, 0.15) is 6.29 Å². The van der Waals surface area contributed by atoms with Gasteiger partial charge in [-0.2, -0.15) is 0 Å². The van der Waals surface area contributed by atoms with Crippen molar-refractivity contribution in [2.75, 3.05) is 14.2 Å². The molecule has 0 N–H and O–H groups in total. The highest BCUT2D eigenvalue weighted by Gasteiger charge is 2.21. The number of carbonyl (C=O) groups excluding carboxylic acids is 1. The molecule has 0 aliphatic carbocycles. The molecule has 0 atom stereocenters. The quantitative estimate of drug-likeness (QED) is 0.334. The molecule has 0 aliphatic rings. The maximum absolute atomic E-state index is 9.99. The number of carbonyl (C=O) groups is 1. The standard InChI is InChI=1S/C8H16O3/c1-8(10-2,11-3)6-4-5-7-9/h7H,4-6H2,1-3H3. The highest BCUT2D eigenvalue weighted by atomic mass is 16.7. The Morgan fingerprint density at radius 3 is 2.27 bits per heavy atom. The average Bonchev–Trinajstić information content (AvgIpc) is 2.05. The summed E-state index contributed by atoms with van der Waals surface area (Å²) in [6.07, 6.45) is 3.04. The third kappa shape index (κ3) is 4.11. The molecule has 11 heavy (non-hydrogen) atoms. The Morgan fingerprint density at radius 1 is 1.36 bits per heavy atom. The fourth-order valence-electron chi connectivity index (χ4n) is 0.794. The monoisotopic (exact) mass is 160 g/mol. The Hall–Kier alpha value is -0.410. The summed E-state index contributed by atoms with van der Waals surface area (Å²) >= 11 is 0. The minimum atomic E-state index is -0.525. The normalized spacial score (nSPS) is 11.5. The molecule has 0 bridgehead atoms. The third-order valence-electron chi connectivity index (χ3n) is 1.82. The van der Waals surface area contributed by atoms with Crippen LogP contribution in [-0.2, 0) is 14.3 Å². The number of ether oxygens (including phenoxy) is 2. The summed E-state index contributed by atoms with van der Waals surface area (Å²) in [6.45, 7) is 1.86. The molecule has 0 aromatic heterocycles. The van der Waals surface area contributed by atoms with Crippen molar-refractivity contribution in [3.63, 3.8) is 0 Å². The molecule has 0 saturated carbocycles. The van der Waals surface area contributed by atoms with Crippen LogP contribution in [0.5, 0.6) is 0 Å². The number of hydrogen-bond donors (Lipinski definition) is 0. The number of rotatable bonds is 6. The maximum Gasteiger partial charge on any atom is 0.164 e. The van der Waals surface area contributed by atoms with Crippen LogP contribution in [0, 0.1) is 0 Å². The lowest BCUT2D eigenvalue weighted by Gasteiger charge is -2.25. The molecule has 0 fully saturated rings. The first-order valence-electron chi connectivity index (χ1n) is 3.72. The van der Waals surface area contributed by atoms with E-state index < -0.39 is 5.79 Å². The summed E-state index contributed by atoms with van der Waals surface area (Å²) in [4.78, 5) is 9.99. The van der Waals surface area contributed by atoms with Gasteiger partial charge in [0.15, 0.2) is 5.79 Å². The van der Waals surface area contributed by atoms with E-state index in [4.69, 9.17) is 9.47 Å². The maximum atomic E-state index is 9.99. The van der Waals surface area contributed by atoms with Crippen molar-refractivity contribution in [2.45, 2.75) is 32.0 Å². The first-order chi connectivity index (χ1) is 5.18. The van der Waals surface area contributed by atoms with Gasteiger partial charge >= 0.3 is 0 Å². The number of unbranched alkanes of at least 4 members (excludes halogenated alkanes) is 1. The lowest BCUT2D eigenvalue weighted by Crippen LogP contribution is -2.29. The minimum Gasteiger partial charge on any atom is -0.353 e. The molecule has 0 aliphatic heterocycles. The molecule has 0 heterocycles. The van der Waals surface area contributed by atoms with Gasteiger partial charge in [-0.3, -0.25) is 0 Å².